The highest BCUT2D eigenvalue weighted by molar-refractivity contribution is 7.92. The largest absolute Gasteiger partial charge is 0.407 e. The maximum Gasteiger partial charge on any atom is 0.329 e. The smallest absolute Gasteiger partial charge is 0.329 e. The minimum Gasteiger partial charge on any atom is -0.407 e. The molecule has 0 aromatic carbocycles. The first-order valence-electron chi connectivity index (χ1n) is 7.87. The van der Waals surface area contributed by atoms with Crippen molar-refractivity contribution in [2.75, 3.05) is 4.72 Å². The second kappa shape index (κ2) is 6.31. The number of nitrogens with zero attached hydrogens (tertiary/aromatic N) is 4. The summed E-state index contributed by atoms with van der Waals surface area (Å²) in [4.78, 5) is 4.06. The van der Waals surface area contributed by atoms with Crippen LogP contribution in [0.3, 0.4) is 0 Å². The van der Waals surface area contributed by atoms with Crippen LogP contribution in [0.4, 0.5) is 6.01 Å². The zero-order valence-electron chi connectivity index (χ0n) is 13.3. The van der Waals surface area contributed by atoms with Gasteiger partial charge >= 0.3 is 6.01 Å². The zero-order chi connectivity index (χ0) is 16.4. The van der Waals surface area contributed by atoms with E-state index >= 15 is 0 Å². The summed E-state index contributed by atoms with van der Waals surface area (Å²) < 4.78 is 34.1. The molecule has 0 unspecified atom stereocenters. The van der Waals surface area contributed by atoms with Gasteiger partial charge in [-0.15, -0.1) is 5.10 Å². The quantitative estimate of drug-likeness (QED) is 0.865. The van der Waals surface area contributed by atoms with Crippen molar-refractivity contribution in [3.05, 3.63) is 17.9 Å². The average molecular weight is 339 g/mol. The summed E-state index contributed by atoms with van der Waals surface area (Å²) in [7, 11) is -3.82. The molecule has 0 bridgehead atoms. The molecule has 1 fully saturated rings. The van der Waals surface area contributed by atoms with Crippen LogP contribution in [0.5, 0.6) is 0 Å². The molecule has 0 radical (unpaired) electrons. The minimum atomic E-state index is -3.82. The van der Waals surface area contributed by atoms with Crippen LogP contribution in [0.15, 0.2) is 15.6 Å². The third-order valence-electron chi connectivity index (χ3n) is 4.20. The number of anilines is 1. The number of aryl methyl sites for hydroxylation is 2. The van der Waals surface area contributed by atoms with E-state index in [1.807, 2.05) is 6.92 Å². The Bertz CT molecular complexity index is 774. The van der Waals surface area contributed by atoms with Gasteiger partial charge in [0.25, 0.3) is 10.0 Å². The highest BCUT2D eigenvalue weighted by atomic mass is 32.2. The van der Waals surface area contributed by atoms with Crippen LogP contribution in [-0.4, -0.2) is 28.2 Å². The predicted octanol–water partition coefficient (Wildman–Crippen LogP) is 2.13. The number of rotatable bonds is 6. The van der Waals surface area contributed by atoms with Crippen LogP contribution in [0.25, 0.3) is 0 Å². The van der Waals surface area contributed by atoms with Crippen molar-refractivity contribution < 1.29 is 12.8 Å². The standard InChI is InChI=1S/C14H21N5O3S/c1-3-19-9-13(15-10(19)2)23(20,21)18-14-17-16-12(22-14)8-11-6-4-5-7-11/h9,11H,3-8H2,1-2H3,(H,17,18). The van der Waals surface area contributed by atoms with Crippen molar-refractivity contribution in [1.82, 2.24) is 19.7 Å². The molecule has 0 spiro atoms. The van der Waals surface area contributed by atoms with Crippen LogP contribution >= 0.6 is 0 Å². The number of hydrogen-bond acceptors (Lipinski definition) is 6. The monoisotopic (exact) mass is 339 g/mol. The summed E-state index contributed by atoms with van der Waals surface area (Å²) in [6.07, 6.45) is 7.00. The first kappa shape index (κ1) is 16.0. The van der Waals surface area contributed by atoms with Gasteiger partial charge in [-0.2, -0.15) is 8.42 Å². The molecule has 3 rings (SSSR count). The maximum atomic E-state index is 12.3. The first-order valence-corrected chi connectivity index (χ1v) is 9.35. The molecule has 0 saturated heterocycles. The van der Waals surface area contributed by atoms with Crippen LogP contribution in [0.2, 0.25) is 0 Å². The molecule has 2 aromatic heterocycles. The van der Waals surface area contributed by atoms with Crippen molar-refractivity contribution in [3.8, 4) is 0 Å². The van der Waals surface area contributed by atoms with Crippen LogP contribution < -0.4 is 4.72 Å². The first-order chi connectivity index (χ1) is 11.0. The van der Waals surface area contributed by atoms with Gasteiger partial charge in [-0.3, -0.25) is 0 Å². The lowest BCUT2D eigenvalue weighted by molar-refractivity contribution is 0.439. The summed E-state index contributed by atoms with van der Waals surface area (Å²) >= 11 is 0. The highest BCUT2D eigenvalue weighted by Gasteiger charge is 2.23. The lowest BCUT2D eigenvalue weighted by Crippen LogP contribution is -2.13. The van der Waals surface area contributed by atoms with Crippen molar-refractivity contribution >= 4 is 16.0 Å². The third kappa shape index (κ3) is 3.54. The van der Waals surface area contributed by atoms with Gasteiger partial charge in [0.15, 0.2) is 5.03 Å². The van der Waals surface area contributed by atoms with E-state index in [1.165, 1.54) is 19.0 Å². The Morgan fingerprint density at radius 2 is 2.09 bits per heavy atom. The van der Waals surface area contributed by atoms with Crippen LogP contribution in [-0.2, 0) is 23.0 Å². The molecule has 1 saturated carbocycles. The van der Waals surface area contributed by atoms with Gasteiger partial charge in [-0.1, -0.05) is 17.9 Å². The van der Waals surface area contributed by atoms with E-state index in [4.69, 9.17) is 4.42 Å². The van der Waals surface area contributed by atoms with Gasteiger partial charge in [0.05, 0.1) is 0 Å². The average Bonchev–Trinajstić information content (AvgIpc) is 3.21. The molecule has 0 aliphatic heterocycles. The lowest BCUT2D eigenvalue weighted by Gasteiger charge is -2.03. The van der Waals surface area contributed by atoms with Gasteiger partial charge < -0.3 is 8.98 Å². The molecule has 9 heteroatoms. The Hall–Kier alpha value is -1.90. The molecule has 23 heavy (non-hydrogen) atoms. The number of imidazole rings is 1. The molecule has 1 aliphatic carbocycles. The Labute approximate surface area is 135 Å². The Balaban J connectivity index is 1.71. The number of hydrogen-bond donors (Lipinski definition) is 1. The Morgan fingerprint density at radius 3 is 2.74 bits per heavy atom. The molecule has 0 amide bonds. The summed E-state index contributed by atoms with van der Waals surface area (Å²) in [5.41, 5.74) is 0. The highest BCUT2D eigenvalue weighted by Crippen LogP contribution is 2.28. The number of sulfonamides is 1. The number of aromatic nitrogens is 4. The molecular weight excluding hydrogens is 318 g/mol. The van der Waals surface area contributed by atoms with E-state index < -0.39 is 10.0 Å². The van der Waals surface area contributed by atoms with Gasteiger partial charge in [0.1, 0.15) is 5.82 Å². The fraction of sp³-hybridized carbons (Fsp3) is 0.643. The summed E-state index contributed by atoms with van der Waals surface area (Å²) in [6, 6.07) is -0.110. The maximum absolute atomic E-state index is 12.3. The normalized spacial score (nSPS) is 16.1. The Kier molecular flexibility index (Phi) is 4.38. The van der Waals surface area contributed by atoms with Gasteiger partial charge in [-0.25, -0.2) is 9.71 Å². The molecule has 1 N–H and O–H groups in total. The summed E-state index contributed by atoms with van der Waals surface area (Å²) in [6.45, 7) is 4.33. The van der Waals surface area contributed by atoms with Crippen LogP contribution in [0, 0.1) is 12.8 Å². The molecular formula is C14H21N5O3S. The molecule has 2 heterocycles. The van der Waals surface area contributed by atoms with E-state index in [0.29, 0.717) is 30.6 Å². The molecule has 126 valence electrons. The van der Waals surface area contributed by atoms with Gasteiger partial charge in [0.2, 0.25) is 5.89 Å². The van der Waals surface area contributed by atoms with Crippen molar-refractivity contribution in [2.45, 2.75) is 57.5 Å². The predicted molar refractivity (Wildman–Crippen MR) is 83.4 cm³/mol. The SMILES string of the molecule is CCn1cc(S(=O)(=O)Nc2nnc(CC3CCCC3)o2)nc1C. The third-order valence-corrected chi connectivity index (χ3v) is 5.39. The molecule has 2 aromatic rings. The topological polar surface area (TPSA) is 103 Å². The minimum absolute atomic E-state index is 0.0487. The zero-order valence-corrected chi connectivity index (χ0v) is 14.1. The fourth-order valence-corrected chi connectivity index (χ4v) is 3.87. The second-order valence-electron chi connectivity index (χ2n) is 5.87. The van der Waals surface area contributed by atoms with Gasteiger partial charge in [-0.05, 0) is 32.6 Å². The van der Waals surface area contributed by atoms with Crippen LogP contribution in [0.1, 0.15) is 44.3 Å². The van der Waals surface area contributed by atoms with E-state index in [2.05, 4.69) is 19.9 Å². The van der Waals surface area contributed by atoms with Crippen molar-refractivity contribution in [3.63, 3.8) is 0 Å². The van der Waals surface area contributed by atoms with E-state index in [-0.39, 0.29) is 11.0 Å². The lowest BCUT2D eigenvalue weighted by atomic mass is 10.0. The van der Waals surface area contributed by atoms with Crippen molar-refractivity contribution in [1.29, 1.82) is 0 Å². The molecule has 1 aliphatic rings. The van der Waals surface area contributed by atoms with E-state index in [9.17, 15) is 8.42 Å². The summed E-state index contributed by atoms with van der Waals surface area (Å²) in [5, 5.41) is 7.66. The van der Waals surface area contributed by atoms with Gasteiger partial charge in [0, 0.05) is 19.2 Å². The van der Waals surface area contributed by atoms with Crippen molar-refractivity contribution in [2.24, 2.45) is 5.92 Å². The van der Waals surface area contributed by atoms with E-state index in [0.717, 1.165) is 12.8 Å². The number of nitrogens with one attached hydrogen (secondary N) is 1. The molecule has 8 nitrogen and oxygen atoms in total. The Morgan fingerprint density at radius 1 is 1.35 bits per heavy atom. The fourth-order valence-electron chi connectivity index (χ4n) is 2.93. The summed E-state index contributed by atoms with van der Waals surface area (Å²) in [5.74, 6) is 1.67. The van der Waals surface area contributed by atoms with E-state index in [1.54, 1.807) is 11.5 Å². The molecule has 0 atom stereocenters. The second-order valence-corrected chi connectivity index (χ2v) is 7.50.